The summed E-state index contributed by atoms with van der Waals surface area (Å²) in [5, 5.41) is 3.36. The van der Waals surface area contributed by atoms with Gasteiger partial charge < -0.3 is 19.5 Å². The second-order valence-corrected chi connectivity index (χ2v) is 10.1. The molecule has 0 radical (unpaired) electrons. The van der Waals surface area contributed by atoms with Crippen molar-refractivity contribution in [2.24, 2.45) is 0 Å². The molecule has 168 valence electrons. The first-order chi connectivity index (χ1) is 14.7. The molecule has 1 saturated heterocycles. The van der Waals surface area contributed by atoms with E-state index in [1.165, 1.54) is 6.07 Å². The number of ether oxygens (including phenoxy) is 1. The fraction of sp³-hybridized carbons (Fsp3) is 0.524. The number of hydrogen-bond acceptors (Lipinski definition) is 6. The van der Waals surface area contributed by atoms with Gasteiger partial charge in [-0.25, -0.2) is 13.4 Å². The highest BCUT2D eigenvalue weighted by Crippen LogP contribution is 2.37. The summed E-state index contributed by atoms with van der Waals surface area (Å²) >= 11 is 0. The minimum absolute atomic E-state index is 0.0685. The lowest BCUT2D eigenvalue weighted by molar-refractivity contribution is -0.132. The second-order valence-electron chi connectivity index (χ2n) is 8.44. The lowest BCUT2D eigenvalue weighted by Crippen LogP contribution is -2.62. The quantitative estimate of drug-likeness (QED) is 0.727. The van der Waals surface area contributed by atoms with Gasteiger partial charge in [0.1, 0.15) is 22.1 Å². The van der Waals surface area contributed by atoms with Gasteiger partial charge in [0, 0.05) is 63.3 Å². The number of methoxy groups -OCH3 is 1. The first-order valence-electron chi connectivity index (χ1n) is 10.5. The van der Waals surface area contributed by atoms with Gasteiger partial charge in [-0.05, 0) is 12.1 Å². The van der Waals surface area contributed by atoms with E-state index in [1.807, 2.05) is 15.7 Å². The molecule has 2 aromatic rings. The standard InChI is InChI=1S/C21H29N5O4S/c1-15(2)20-22-9-13-26(20)10-6-19(27)25-11-7-21(8-12-25)23-17-14-16(30-3)4-5-18(17)31(28,29)24-21/h4-5,9,13-15,23-24H,6-8,10-12H2,1-3H3. The van der Waals surface area contributed by atoms with Crippen molar-refractivity contribution in [3.63, 3.8) is 0 Å². The Hall–Kier alpha value is -2.59. The molecule has 31 heavy (non-hydrogen) atoms. The number of hydrogen-bond donors (Lipinski definition) is 2. The summed E-state index contributed by atoms with van der Waals surface area (Å²) in [6, 6.07) is 4.87. The van der Waals surface area contributed by atoms with Gasteiger partial charge in [-0.3, -0.25) is 4.79 Å². The molecule has 0 saturated carbocycles. The molecule has 0 atom stereocenters. The van der Waals surface area contributed by atoms with E-state index < -0.39 is 15.7 Å². The average molecular weight is 448 g/mol. The first-order valence-corrected chi connectivity index (χ1v) is 12.0. The summed E-state index contributed by atoms with van der Waals surface area (Å²) in [5.41, 5.74) is -0.274. The van der Waals surface area contributed by atoms with Crippen LogP contribution in [0.3, 0.4) is 0 Å². The molecule has 1 spiro atoms. The van der Waals surface area contributed by atoms with Crippen molar-refractivity contribution in [2.45, 2.75) is 56.1 Å². The Labute approximate surface area is 182 Å². The molecule has 1 aromatic carbocycles. The van der Waals surface area contributed by atoms with Crippen LogP contribution in [0.25, 0.3) is 0 Å². The van der Waals surface area contributed by atoms with E-state index in [4.69, 9.17) is 4.74 Å². The molecule has 10 heteroatoms. The van der Waals surface area contributed by atoms with Crippen LogP contribution in [-0.4, -0.2) is 54.6 Å². The van der Waals surface area contributed by atoms with Crippen LogP contribution in [0.2, 0.25) is 0 Å². The molecule has 0 bridgehead atoms. The maximum Gasteiger partial charge on any atom is 0.244 e. The first kappa shape index (κ1) is 21.6. The Kier molecular flexibility index (Phi) is 5.69. The largest absolute Gasteiger partial charge is 0.497 e. The molecule has 1 amide bonds. The van der Waals surface area contributed by atoms with Crippen molar-refractivity contribution >= 4 is 21.6 Å². The Balaban J connectivity index is 1.41. The van der Waals surface area contributed by atoms with Crippen molar-refractivity contribution in [1.29, 1.82) is 0 Å². The summed E-state index contributed by atoms with van der Waals surface area (Å²) in [7, 11) is -2.10. The number of anilines is 1. The predicted molar refractivity (Wildman–Crippen MR) is 116 cm³/mol. The Morgan fingerprint density at radius 2 is 2.03 bits per heavy atom. The number of amides is 1. The van der Waals surface area contributed by atoms with Crippen LogP contribution in [0.4, 0.5) is 5.69 Å². The van der Waals surface area contributed by atoms with E-state index >= 15 is 0 Å². The topological polar surface area (TPSA) is 106 Å². The number of benzene rings is 1. The molecule has 4 rings (SSSR count). The minimum Gasteiger partial charge on any atom is -0.497 e. The van der Waals surface area contributed by atoms with Crippen molar-refractivity contribution in [1.82, 2.24) is 19.2 Å². The maximum atomic E-state index is 12.8. The number of piperidine rings is 1. The third kappa shape index (κ3) is 4.27. The second kappa shape index (κ2) is 8.16. The summed E-state index contributed by atoms with van der Waals surface area (Å²) in [6.45, 7) is 5.71. The molecule has 1 aromatic heterocycles. The molecule has 9 nitrogen and oxygen atoms in total. The van der Waals surface area contributed by atoms with E-state index in [2.05, 4.69) is 28.9 Å². The number of aromatic nitrogens is 2. The fourth-order valence-corrected chi connectivity index (χ4v) is 5.84. The molecule has 2 aliphatic heterocycles. The van der Waals surface area contributed by atoms with Gasteiger partial charge >= 0.3 is 0 Å². The Morgan fingerprint density at radius 3 is 2.71 bits per heavy atom. The summed E-state index contributed by atoms with van der Waals surface area (Å²) in [6.07, 6.45) is 5.02. The molecule has 0 aliphatic carbocycles. The Morgan fingerprint density at radius 1 is 1.29 bits per heavy atom. The van der Waals surface area contributed by atoms with Gasteiger partial charge in [0.25, 0.3) is 0 Å². The zero-order valence-electron chi connectivity index (χ0n) is 18.1. The van der Waals surface area contributed by atoms with Crippen LogP contribution in [0.15, 0.2) is 35.5 Å². The molecule has 0 unspecified atom stereocenters. The van der Waals surface area contributed by atoms with E-state index in [9.17, 15) is 13.2 Å². The average Bonchev–Trinajstić information content (AvgIpc) is 3.20. The molecular formula is C21H29N5O4S. The number of nitrogens with zero attached hydrogens (tertiary/aromatic N) is 3. The maximum absolute atomic E-state index is 12.8. The van der Waals surface area contributed by atoms with Crippen LogP contribution in [0.5, 0.6) is 5.75 Å². The van der Waals surface area contributed by atoms with Crippen LogP contribution in [-0.2, 0) is 21.4 Å². The summed E-state index contributed by atoms with van der Waals surface area (Å²) in [5.74, 6) is 1.93. The van der Waals surface area contributed by atoms with Crippen LogP contribution < -0.4 is 14.8 Å². The van der Waals surface area contributed by atoms with E-state index in [0.29, 0.717) is 56.3 Å². The number of fused-ring (bicyclic) bond motifs is 1. The van der Waals surface area contributed by atoms with Crippen molar-refractivity contribution in [2.75, 3.05) is 25.5 Å². The number of carbonyl (C=O) groups is 1. The third-order valence-electron chi connectivity index (χ3n) is 5.98. The zero-order chi connectivity index (χ0) is 22.2. The van der Waals surface area contributed by atoms with Gasteiger partial charge in [0.05, 0.1) is 12.8 Å². The highest BCUT2D eigenvalue weighted by atomic mass is 32.2. The highest BCUT2D eigenvalue weighted by molar-refractivity contribution is 7.89. The van der Waals surface area contributed by atoms with Gasteiger partial charge in [0.2, 0.25) is 15.9 Å². The minimum atomic E-state index is -3.65. The third-order valence-corrected chi connectivity index (χ3v) is 7.57. The van der Waals surface area contributed by atoms with E-state index in [1.54, 1.807) is 25.4 Å². The molecule has 1 fully saturated rings. The van der Waals surface area contributed by atoms with Crippen LogP contribution >= 0.6 is 0 Å². The zero-order valence-corrected chi connectivity index (χ0v) is 18.9. The van der Waals surface area contributed by atoms with Gasteiger partial charge in [-0.1, -0.05) is 13.8 Å². The fourth-order valence-electron chi connectivity index (χ4n) is 4.31. The van der Waals surface area contributed by atoms with Crippen molar-refractivity contribution < 1.29 is 17.9 Å². The number of aryl methyl sites for hydroxylation is 1. The number of imidazole rings is 1. The lowest BCUT2D eigenvalue weighted by atomic mass is 9.96. The molecular weight excluding hydrogens is 418 g/mol. The highest BCUT2D eigenvalue weighted by Gasteiger charge is 2.43. The summed E-state index contributed by atoms with van der Waals surface area (Å²) < 4.78 is 35.7. The smallest absolute Gasteiger partial charge is 0.244 e. The van der Waals surface area contributed by atoms with E-state index in [-0.39, 0.29) is 10.8 Å². The van der Waals surface area contributed by atoms with Crippen molar-refractivity contribution in [3.8, 4) is 5.75 Å². The predicted octanol–water partition coefficient (Wildman–Crippen LogP) is 2.13. The number of nitrogens with one attached hydrogen (secondary N) is 2. The van der Waals surface area contributed by atoms with Gasteiger partial charge in [-0.15, -0.1) is 0 Å². The normalized spacial score (nSPS) is 19.2. The number of carbonyl (C=O) groups excluding carboxylic acids is 1. The van der Waals surface area contributed by atoms with Crippen molar-refractivity contribution in [3.05, 3.63) is 36.4 Å². The molecule has 2 N–H and O–H groups in total. The van der Waals surface area contributed by atoms with Crippen LogP contribution in [0.1, 0.15) is 44.9 Å². The lowest BCUT2D eigenvalue weighted by Gasteiger charge is -2.45. The van der Waals surface area contributed by atoms with E-state index in [0.717, 1.165) is 5.82 Å². The monoisotopic (exact) mass is 447 g/mol. The van der Waals surface area contributed by atoms with Gasteiger partial charge in [-0.2, -0.15) is 4.72 Å². The number of rotatable bonds is 5. The van der Waals surface area contributed by atoms with Crippen LogP contribution in [0, 0.1) is 0 Å². The Bertz CT molecular complexity index is 1070. The molecule has 3 heterocycles. The SMILES string of the molecule is COc1ccc2c(c1)NC1(CCN(C(=O)CCn3ccnc3C(C)C)CC1)NS2(=O)=O. The number of sulfonamides is 1. The number of likely N-dealkylation sites (tertiary alicyclic amines) is 1. The summed E-state index contributed by atoms with van der Waals surface area (Å²) in [4.78, 5) is 19.2. The van der Waals surface area contributed by atoms with Gasteiger partial charge in [0.15, 0.2) is 0 Å². The molecule has 2 aliphatic rings.